The molecule has 0 amide bonds. The van der Waals surface area contributed by atoms with Gasteiger partial charge in [-0.2, -0.15) is 0 Å². The SMILES string of the molecule is O=[C]/C=C/c1ccc(Cl)c(F)c1. The molecule has 12 heavy (non-hydrogen) atoms. The average molecular weight is 184 g/mol. The van der Waals surface area contributed by atoms with Gasteiger partial charge in [-0.3, -0.25) is 4.79 Å². The van der Waals surface area contributed by atoms with Crippen LogP contribution in [0, 0.1) is 5.82 Å². The topological polar surface area (TPSA) is 17.1 Å². The zero-order valence-electron chi connectivity index (χ0n) is 6.05. The Labute approximate surface area is 74.5 Å². The van der Waals surface area contributed by atoms with Gasteiger partial charge in [-0.1, -0.05) is 23.7 Å². The summed E-state index contributed by atoms with van der Waals surface area (Å²) in [7, 11) is 0. The Morgan fingerprint density at radius 3 is 2.83 bits per heavy atom. The second-order valence-electron chi connectivity index (χ2n) is 2.12. The Hall–Kier alpha value is -1.15. The molecule has 1 aromatic carbocycles. The Balaban J connectivity index is 2.96. The smallest absolute Gasteiger partial charge is 0.225 e. The first kappa shape index (κ1) is 8.94. The van der Waals surface area contributed by atoms with Crippen LogP contribution in [-0.2, 0) is 4.79 Å². The normalized spacial score (nSPS) is 10.5. The first-order chi connectivity index (χ1) is 5.74. The molecule has 0 aromatic heterocycles. The molecule has 0 atom stereocenters. The molecule has 0 saturated carbocycles. The number of rotatable bonds is 2. The summed E-state index contributed by atoms with van der Waals surface area (Å²) in [6, 6.07) is 4.29. The molecule has 0 bridgehead atoms. The number of halogens is 2. The highest BCUT2D eigenvalue weighted by atomic mass is 35.5. The molecular weight excluding hydrogens is 179 g/mol. The van der Waals surface area contributed by atoms with Gasteiger partial charge in [0.05, 0.1) is 5.02 Å². The standard InChI is InChI=1S/C9H5ClFO/c10-8-4-3-7(2-1-5-12)6-9(8)11/h1-4,6H/b2-1+. The molecule has 3 heteroatoms. The second kappa shape index (κ2) is 4.02. The lowest BCUT2D eigenvalue weighted by Gasteiger charge is -1.94. The van der Waals surface area contributed by atoms with Crippen LogP contribution in [0.4, 0.5) is 4.39 Å². The lowest BCUT2D eigenvalue weighted by Crippen LogP contribution is -1.78. The van der Waals surface area contributed by atoms with E-state index in [2.05, 4.69) is 0 Å². The van der Waals surface area contributed by atoms with Gasteiger partial charge in [0.15, 0.2) is 0 Å². The van der Waals surface area contributed by atoms with E-state index in [4.69, 9.17) is 11.6 Å². The minimum Gasteiger partial charge on any atom is -0.286 e. The van der Waals surface area contributed by atoms with Crippen LogP contribution in [0.5, 0.6) is 0 Å². The van der Waals surface area contributed by atoms with Crippen LogP contribution >= 0.6 is 11.6 Å². The van der Waals surface area contributed by atoms with Crippen molar-refractivity contribution in [3.63, 3.8) is 0 Å². The fraction of sp³-hybridized carbons (Fsp3) is 0. The maximum Gasteiger partial charge on any atom is 0.225 e. The molecule has 1 rings (SSSR count). The maximum atomic E-state index is 12.7. The lowest BCUT2D eigenvalue weighted by molar-refractivity contribution is 0.564. The first-order valence-electron chi connectivity index (χ1n) is 3.23. The van der Waals surface area contributed by atoms with Crippen molar-refractivity contribution < 1.29 is 9.18 Å². The van der Waals surface area contributed by atoms with Crippen molar-refractivity contribution in [3.8, 4) is 0 Å². The van der Waals surface area contributed by atoms with Crippen molar-refractivity contribution >= 4 is 24.0 Å². The molecule has 0 aliphatic heterocycles. The van der Waals surface area contributed by atoms with Crippen LogP contribution in [0.15, 0.2) is 24.3 Å². The quantitative estimate of drug-likeness (QED) is 0.645. The highest BCUT2D eigenvalue weighted by molar-refractivity contribution is 6.30. The lowest BCUT2D eigenvalue weighted by atomic mass is 10.2. The number of carbonyl (C=O) groups excluding carboxylic acids is 1. The number of allylic oxidation sites excluding steroid dienone is 1. The van der Waals surface area contributed by atoms with Gasteiger partial charge in [-0.15, -0.1) is 0 Å². The molecule has 1 nitrogen and oxygen atoms in total. The summed E-state index contributed by atoms with van der Waals surface area (Å²) in [5.41, 5.74) is 0.584. The zero-order valence-corrected chi connectivity index (χ0v) is 6.81. The van der Waals surface area contributed by atoms with Crippen molar-refractivity contribution in [2.45, 2.75) is 0 Å². The summed E-state index contributed by atoms with van der Waals surface area (Å²) in [5.74, 6) is -0.496. The average Bonchev–Trinajstić information content (AvgIpc) is 2.07. The minimum absolute atomic E-state index is 0.0715. The Morgan fingerprint density at radius 1 is 1.50 bits per heavy atom. The highest BCUT2D eigenvalue weighted by Gasteiger charge is 1.97. The number of benzene rings is 1. The van der Waals surface area contributed by atoms with Gasteiger partial charge in [0, 0.05) is 0 Å². The van der Waals surface area contributed by atoms with Gasteiger partial charge in [0.2, 0.25) is 6.29 Å². The fourth-order valence-electron chi connectivity index (χ4n) is 0.746. The largest absolute Gasteiger partial charge is 0.286 e. The van der Waals surface area contributed by atoms with E-state index in [1.54, 1.807) is 12.4 Å². The molecule has 1 radical (unpaired) electrons. The van der Waals surface area contributed by atoms with Gasteiger partial charge in [-0.05, 0) is 23.8 Å². The van der Waals surface area contributed by atoms with E-state index in [0.717, 1.165) is 0 Å². The third kappa shape index (κ3) is 2.17. The van der Waals surface area contributed by atoms with E-state index in [1.165, 1.54) is 24.3 Å². The zero-order chi connectivity index (χ0) is 8.97. The molecule has 0 aliphatic rings. The molecular formula is C9H5ClFO. The summed E-state index contributed by atoms with van der Waals surface area (Å²) in [6.45, 7) is 0. The van der Waals surface area contributed by atoms with Crippen LogP contribution < -0.4 is 0 Å². The van der Waals surface area contributed by atoms with E-state index < -0.39 is 5.82 Å². The summed E-state index contributed by atoms with van der Waals surface area (Å²) >= 11 is 5.44. The van der Waals surface area contributed by atoms with E-state index in [0.29, 0.717) is 5.56 Å². The second-order valence-corrected chi connectivity index (χ2v) is 2.53. The van der Waals surface area contributed by atoms with E-state index >= 15 is 0 Å². The van der Waals surface area contributed by atoms with Gasteiger partial charge >= 0.3 is 0 Å². The van der Waals surface area contributed by atoms with Crippen molar-refractivity contribution in [1.82, 2.24) is 0 Å². The van der Waals surface area contributed by atoms with Crippen molar-refractivity contribution in [3.05, 3.63) is 40.7 Å². The summed E-state index contributed by atoms with van der Waals surface area (Å²) in [6.07, 6.45) is 4.18. The number of hydrogen-bond donors (Lipinski definition) is 0. The Morgan fingerprint density at radius 2 is 2.25 bits per heavy atom. The van der Waals surface area contributed by atoms with Gasteiger partial charge in [0.25, 0.3) is 0 Å². The van der Waals surface area contributed by atoms with Crippen LogP contribution in [0.25, 0.3) is 6.08 Å². The third-order valence-corrected chi connectivity index (χ3v) is 1.59. The predicted octanol–water partition coefficient (Wildman–Crippen LogP) is 2.60. The fourth-order valence-corrected chi connectivity index (χ4v) is 0.864. The predicted molar refractivity (Wildman–Crippen MR) is 46.1 cm³/mol. The number of hydrogen-bond acceptors (Lipinski definition) is 1. The van der Waals surface area contributed by atoms with E-state index in [1.807, 2.05) is 0 Å². The van der Waals surface area contributed by atoms with Gasteiger partial charge in [0.1, 0.15) is 5.82 Å². The molecule has 0 N–H and O–H groups in total. The highest BCUT2D eigenvalue weighted by Crippen LogP contribution is 2.15. The van der Waals surface area contributed by atoms with Crippen LogP contribution in [0.1, 0.15) is 5.56 Å². The molecule has 1 aromatic rings. The Bertz CT molecular complexity index is 320. The third-order valence-electron chi connectivity index (χ3n) is 1.29. The summed E-state index contributed by atoms with van der Waals surface area (Å²) in [5, 5.41) is 0.0715. The molecule has 0 saturated heterocycles. The molecule has 0 aliphatic carbocycles. The Kier molecular flexibility index (Phi) is 3.00. The molecule has 0 fully saturated rings. The molecule has 61 valence electrons. The molecule has 0 heterocycles. The van der Waals surface area contributed by atoms with Crippen molar-refractivity contribution in [2.75, 3.05) is 0 Å². The van der Waals surface area contributed by atoms with Crippen molar-refractivity contribution in [1.29, 1.82) is 0 Å². The minimum atomic E-state index is -0.496. The monoisotopic (exact) mass is 183 g/mol. The van der Waals surface area contributed by atoms with E-state index in [9.17, 15) is 9.18 Å². The molecule has 0 spiro atoms. The van der Waals surface area contributed by atoms with Crippen molar-refractivity contribution in [2.24, 2.45) is 0 Å². The van der Waals surface area contributed by atoms with E-state index in [-0.39, 0.29) is 5.02 Å². The van der Waals surface area contributed by atoms with Crippen LogP contribution in [0.2, 0.25) is 5.02 Å². The van der Waals surface area contributed by atoms with Gasteiger partial charge < -0.3 is 0 Å². The summed E-state index contributed by atoms with van der Waals surface area (Å²) in [4.78, 5) is 9.80. The molecule has 0 unspecified atom stereocenters. The first-order valence-corrected chi connectivity index (χ1v) is 3.61. The van der Waals surface area contributed by atoms with Crippen LogP contribution in [0.3, 0.4) is 0 Å². The van der Waals surface area contributed by atoms with Crippen LogP contribution in [-0.4, -0.2) is 6.29 Å². The maximum absolute atomic E-state index is 12.7. The summed E-state index contributed by atoms with van der Waals surface area (Å²) < 4.78 is 12.7. The van der Waals surface area contributed by atoms with Gasteiger partial charge in [-0.25, -0.2) is 4.39 Å².